The number of carbonyl (C=O) groups is 2. The van der Waals surface area contributed by atoms with Crippen LogP contribution in [0.4, 0.5) is 21.9 Å². The molecule has 0 saturated carbocycles. The molecule has 6 rings (SSSR count). The van der Waals surface area contributed by atoms with Crippen LogP contribution in [0.2, 0.25) is 0 Å². The quantitative estimate of drug-likeness (QED) is 0.530. The molecule has 9 nitrogen and oxygen atoms in total. The second kappa shape index (κ2) is 9.92. The summed E-state index contributed by atoms with van der Waals surface area (Å²) in [5.74, 6) is 0.377. The number of ether oxygens (including phenoxy) is 1. The van der Waals surface area contributed by atoms with Crippen LogP contribution in [0.1, 0.15) is 18.4 Å². The zero-order valence-electron chi connectivity index (χ0n) is 20.1. The monoisotopic (exact) mass is 514 g/mol. The van der Waals surface area contributed by atoms with Gasteiger partial charge in [-0.15, -0.1) is 11.8 Å². The SMILES string of the molecule is N#Cc1ccc2nccc(N3CCC(NCC4CN(c5ccc6c(c5)NC(=O)CS6)C(=O)O4)CC3)c2c1. The maximum atomic E-state index is 12.6. The Morgan fingerprint density at radius 3 is 2.86 bits per heavy atom. The van der Waals surface area contributed by atoms with Crippen LogP contribution in [0.5, 0.6) is 0 Å². The number of aromatic nitrogens is 1. The van der Waals surface area contributed by atoms with E-state index >= 15 is 0 Å². The summed E-state index contributed by atoms with van der Waals surface area (Å²) in [6.07, 6.45) is 3.16. The van der Waals surface area contributed by atoms with Crippen molar-refractivity contribution in [2.45, 2.75) is 29.9 Å². The number of hydrogen-bond acceptors (Lipinski definition) is 8. The Labute approximate surface area is 218 Å². The maximum absolute atomic E-state index is 12.6. The number of hydrogen-bond donors (Lipinski definition) is 2. The number of carbonyl (C=O) groups excluding carboxylic acids is 2. The zero-order valence-corrected chi connectivity index (χ0v) is 21.0. The minimum Gasteiger partial charge on any atom is -0.443 e. The molecule has 37 heavy (non-hydrogen) atoms. The van der Waals surface area contributed by atoms with Crippen LogP contribution < -0.4 is 20.4 Å². The third-order valence-corrected chi connectivity index (χ3v) is 8.17. The van der Waals surface area contributed by atoms with E-state index in [4.69, 9.17) is 4.74 Å². The molecule has 4 heterocycles. The first-order chi connectivity index (χ1) is 18.1. The summed E-state index contributed by atoms with van der Waals surface area (Å²) in [5.41, 5.74) is 4.11. The number of pyridine rings is 1. The summed E-state index contributed by atoms with van der Waals surface area (Å²) in [6, 6.07) is 15.9. The highest BCUT2D eigenvalue weighted by Crippen LogP contribution is 2.35. The minimum absolute atomic E-state index is 0.0317. The van der Waals surface area contributed by atoms with E-state index in [-0.39, 0.29) is 18.1 Å². The van der Waals surface area contributed by atoms with E-state index in [1.54, 1.807) is 11.0 Å². The van der Waals surface area contributed by atoms with E-state index < -0.39 is 0 Å². The fourth-order valence-corrected chi connectivity index (χ4v) is 5.97. The van der Waals surface area contributed by atoms with Crippen molar-refractivity contribution in [3.8, 4) is 6.07 Å². The molecule has 2 fully saturated rings. The summed E-state index contributed by atoms with van der Waals surface area (Å²) in [4.78, 5) is 33.7. The van der Waals surface area contributed by atoms with E-state index in [9.17, 15) is 14.9 Å². The summed E-state index contributed by atoms with van der Waals surface area (Å²) in [6.45, 7) is 2.84. The third kappa shape index (κ3) is 4.80. The number of nitriles is 1. The molecule has 0 aliphatic carbocycles. The number of rotatable bonds is 5. The number of piperidine rings is 1. The van der Waals surface area contributed by atoms with Gasteiger partial charge in [-0.05, 0) is 55.3 Å². The Hall–Kier alpha value is -3.81. The van der Waals surface area contributed by atoms with Crippen molar-refractivity contribution in [1.29, 1.82) is 5.26 Å². The van der Waals surface area contributed by atoms with Crippen LogP contribution in [0.3, 0.4) is 0 Å². The molecular weight excluding hydrogens is 488 g/mol. The smallest absolute Gasteiger partial charge is 0.414 e. The average molecular weight is 515 g/mol. The van der Waals surface area contributed by atoms with Crippen molar-refractivity contribution < 1.29 is 14.3 Å². The lowest BCUT2D eigenvalue weighted by Gasteiger charge is -2.35. The zero-order chi connectivity index (χ0) is 25.4. The largest absolute Gasteiger partial charge is 0.443 e. The maximum Gasteiger partial charge on any atom is 0.414 e. The van der Waals surface area contributed by atoms with Gasteiger partial charge in [0.1, 0.15) is 6.10 Å². The minimum atomic E-state index is -0.363. The second-order valence-electron chi connectivity index (χ2n) is 9.48. The van der Waals surface area contributed by atoms with Gasteiger partial charge in [0.2, 0.25) is 5.91 Å². The van der Waals surface area contributed by atoms with E-state index in [1.165, 1.54) is 11.8 Å². The molecule has 0 radical (unpaired) electrons. The molecule has 3 aliphatic heterocycles. The lowest BCUT2D eigenvalue weighted by Crippen LogP contribution is -2.45. The number of fused-ring (bicyclic) bond motifs is 2. The molecule has 3 aliphatic rings. The Balaban J connectivity index is 1.04. The van der Waals surface area contributed by atoms with Gasteiger partial charge in [0.15, 0.2) is 0 Å². The van der Waals surface area contributed by atoms with Gasteiger partial charge in [-0.25, -0.2) is 4.79 Å². The Bertz CT molecular complexity index is 1420. The number of amides is 2. The normalized spacial score (nSPS) is 19.9. The third-order valence-electron chi connectivity index (χ3n) is 7.10. The van der Waals surface area contributed by atoms with Crippen LogP contribution in [0.25, 0.3) is 10.9 Å². The van der Waals surface area contributed by atoms with Crippen LogP contribution in [0, 0.1) is 11.3 Å². The molecule has 1 aromatic heterocycles. The predicted molar refractivity (Wildman–Crippen MR) is 143 cm³/mol. The van der Waals surface area contributed by atoms with Crippen LogP contribution in [-0.2, 0) is 9.53 Å². The lowest BCUT2D eigenvalue weighted by atomic mass is 10.0. The summed E-state index contributed by atoms with van der Waals surface area (Å²) in [7, 11) is 0. The van der Waals surface area contributed by atoms with Crippen molar-refractivity contribution in [1.82, 2.24) is 10.3 Å². The van der Waals surface area contributed by atoms with E-state index in [0.717, 1.165) is 58.8 Å². The van der Waals surface area contributed by atoms with E-state index in [1.807, 2.05) is 42.6 Å². The van der Waals surface area contributed by atoms with E-state index in [2.05, 4.69) is 26.6 Å². The molecule has 2 N–H and O–H groups in total. The second-order valence-corrected chi connectivity index (χ2v) is 10.5. The number of nitrogens with zero attached hydrogens (tertiary/aromatic N) is 4. The summed E-state index contributed by atoms with van der Waals surface area (Å²) in [5, 5.41) is 16.8. The number of anilines is 3. The molecule has 2 aromatic carbocycles. The van der Waals surface area contributed by atoms with Crippen molar-refractivity contribution in [3.05, 3.63) is 54.2 Å². The molecule has 0 bridgehead atoms. The van der Waals surface area contributed by atoms with Crippen molar-refractivity contribution in [2.75, 3.05) is 47.0 Å². The van der Waals surface area contributed by atoms with Gasteiger partial charge in [0.25, 0.3) is 0 Å². The summed E-state index contributed by atoms with van der Waals surface area (Å²) >= 11 is 1.50. The van der Waals surface area contributed by atoms with Gasteiger partial charge in [-0.1, -0.05) is 0 Å². The molecule has 1 atom stereocenters. The van der Waals surface area contributed by atoms with Crippen LogP contribution in [0.15, 0.2) is 53.6 Å². The molecule has 0 spiro atoms. The molecule has 188 valence electrons. The predicted octanol–water partition coefficient (Wildman–Crippen LogP) is 3.73. The molecule has 10 heteroatoms. The number of benzene rings is 2. The van der Waals surface area contributed by atoms with Gasteiger partial charge in [-0.2, -0.15) is 5.26 Å². The van der Waals surface area contributed by atoms with Gasteiger partial charge in [0.05, 0.1) is 35.1 Å². The van der Waals surface area contributed by atoms with Crippen LogP contribution >= 0.6 is 11.8 Å². The molecule has 2 amide bonds. The highest BCUT2D eigenvalue weighted by atomic mass is 32.2. The average Bonchev–Trinajstić information content (AvgIpc) is 3.31. The van der Waals surface area contributed by atoms with Gasteiger partial charge < -0.3 is 20.3 Å². The standard InChI is InChI=1S/C27H26N6O3S/c28-13-17-1-3-22-21(11-17)24(5-8-29-22)32-9-6-18(7-10-32)30-14-20-15-33(27(35)36-20)19-2-4-25-23(12-19)31-26(34)16-37-25/h1-5,8,11-12,18,20,30H,6-7,9-10,14-16H2,(H,31,34). The number of thioether (sulfide) groups is 1. The topological polar surface area (TPSA) is 111 Å². The Morgan fingerprint density at radius 1 is 1.16 bits per heavy atom. The van der Waals surface area contributed by atoms with Crippen molar-refractivity contribution >= 4 is 51.7 Å². The fourth-order valence-electron chi connectivity index (χ4n) is 5.18. The molecule has 2 saturated heterocycles. The molecule has 3 aromatic rings. The Morgan fingerprint density at radius 2 is 2.03 bits per heavy atom. The van der Waals surface area contributed by atoms with Crippen molar-refractivity contribution in [2.24, 2.45) is 0 Å². The summed E-state index contributed by atoms with van der Waals surface area (Å²) < 4.78 is 5.63. The first-order valence-electron chi connectivity index (χ1n) is 12.4. The first-order valence-corrected chi connectivity index (χ1v) is 13.4. The molecule has 1 unspecified atom stereocenters. The van der Waals surface area contributed by atoms with Crippen molar-refractivity contribution in [3.63, 3.8) is 0 Å². The highest BCUT2D eigenvalue weighted by molar-refractivity contribution is 8.00. The van der Waals surface area contributed by atoms with E-state index in [0.29, 0.717) is 30.4 Å². The van der Waals surface area contributed by atoms with Gasteiger partial charge >= 0.3 is 6.09 Å². The number of nitrogens with one attached hydrogen (secondary N) is 2. The molecular formula is C27H26N6O3S. The first kappa shape index (κ1) is 23.6. The van der Waals surface area contributed by atoms with Gasteiger partial charge in [-0.3, -0.25) is 14.7 Å². The fraction of sp³-hybridized carbons (Fsp3) is 0.333. The Kier molecular flexibility index (Phi) is 6.32. The lowest BCUT2D eigenvalue weighted by molar-refractivity contribution is -0.113. The van der Waals surface area contributed by atoms with Gasteiger partial charge in [0, 0.05) is 53.5 Å². The van der Waals surface area contributed by atoms with Crippen LogP contribution in [-0.4, -0.2) is 61.1 Å². The number of cyclic esters (lactones) is 1. The highest BCUT2D eigenvalue weighted by Gasteiger charge is 2.33.